The van der Waals surface area contributed by atoms with Crippen LogP contribution in [0.2, 0.25) is 15.1 Å². The second kappa shape index (κ2) is 11.6. The first kappa shape index (κ1) is 25.1. The third kappa shape index (κ3) is 6.75. The zero-order valence-electron chi connectivity index (χ0n) is 17.4. The number of halogens is 4. The molecule has 1 N–H and O–H groups in total. The third-order valence-electron chi connectivity index (χ3n) is 4.73. The molecule has 0 fully saturated rings. The van der Waals surface area contributed by atoms with Gasteiger partial charge in [0.1, 0.15) is 18.2 Å². The number of ether oxygens (including phenoxy) is 1. The van der Waals surface area contributed by atoms with Crippen LogP contribution in [-0.2, 0) is 11.4 Å². The lowest BCUT2D eigenvalue weighted by molar-refractivity contribution is -0.117. The molecule has 0 aliphatic heterocycles. The lowest BCUT2D eigenvalue weighted by atomic mass is 10.1. The fraction of sp³-hybridized carbons (Fsp3) is 0.120. The molecule has 3 aromatic carbocycles. The van der Waals surface area contributed by atoms with E-state index in [4.69, 9.17) is 39.5 Å². The molecule has 0 saturated heterocycles. The van der Waals surface area contributed by atoms with Crippen LogP contribution in [0.5, 0.6) is 5.75 Å². The number of nitriles is 1. The molecule has 0 saturated carbocycles. The Hall–Kier alpha value is -2.49. The fourth-order valence-corrected chi connectivity index (χ4v) is 4.46. The first-order valence-electron chi connectivity index (χ1n) is 9.82. The maximum absolute atomic E-state index is 12.6. The van der Waals surface area contributed by atoms with Crippen LogP contribution in [-0.4, -0.2) is 5.91 Å². The van der Waals surface area contributed by atoms with Crippen molar-refractivity contribution >= 4 is 62.7 Å². The van der Waals surface area contributed by atoms with Gasteiger partial charge in [0, 0.05) is 15.6 Å². The highest BCUT2D eigenvalue weighted by molar-refractivity contribution is 9.10. The predicted molar refractivity (Wildman–Crippen MR) is 137 cm³/mol. The Morgan fingerprint density at radius 2 is 1.85 bits per heavy atom. The molecule has 0 aliphatic carbocycles. The molecule has 1 amide bonds. The van der Waals surface area contributed by atoms with E-state index in [1.165, 1.54) is 6.08 Å². The summed E-state index contributed by atoms with van der Waals surface area (Å²) < 4.78 is 6.41. The smallest absolute Gasteiger partial charge is 0.262 e. The molecule has 0 aliphatic rings. The number of hydrogen-bond donors (Lipinski definition) is 1. The maximum Gasteiger partial charge on any atom is 0.262 e. The SMILES string of the molecule is C[C@H](NC(=O)/C(C#N)=C\c1cc(Cl)c(OCc2ccc(Cl)cc2Cl)c(Br)c1)c1ccccc1. The highest BCUT2D eigenvalue weighted by Crippen LogP contribution is 2.36. The minimum absolute atomic E-state index is 0.0395. The quantitative estimate of drug-likeness (QED) is 0.236. The van der Waals surface area contributed by atoms with E-state index in [-0.39, 0.29) is 18.2 Å². The van der Waals surface area contributed by atoms with Gasteiger partial charge in [-0.05, 0) is 64.3 Å². The second-order valence-corrected chi connectivity index (χ2v) is 9.22. The number of carbonyl (C=O) groups excluding carboxylic acids is 1. The molecule has 3 aromatic rings. The zero-order chi connectivity index (χ0) is 24.0. The van der Waals surface area contributed by atoms with Crippen LogP contribution >= 0.6 is 50.7 Å². The van der Waals surface area contributed by atoms with Gasteiger partial charge in [0.2, 0.25) is 0 Å². The summed E-state index contributed by atoms with van der Waals surface area (Å²) in [5, 5.41) is 13.7. The first-order valence-corrected chi connectivity index (χ1v) is 11.7. The van der Waals surface area contributed by atoms with Crippen molar-refractivity contribution in [2.75, 3.05) is 0 Å². The maximum atomic E-state index is 12.6. The minimum Gasteiger partial charge on any atom is -0.486 e. The summed E-state index contributed by atoms with van der Waals surface area (Å²) in [4.78, 5) is 12.6. The number of nitrogens with one attached hydrogen (secondary N) is 1. The van der Waals surface area contributed by atoms with E-state index >= 15 is 0 Å². The van der Waals surface area contributed by atoms with Crippen LogP contribution in [0.3, 0.4) is 0 Å². The van der Waals surface area contributed by atoms with Gasteiger partial charge in [-0.3, -0.25) is 4.79 Å². The van der Waals surface area contributed by atoms with E-state index < -0.39 is 5.91 Å². The van der Waals surface area contributed by atoms with Crippen molar-refractivity contribution in [1.82, 2.24) is 5.32 Å². The average Bonchev–Trinajstić information content (AvgIpc) is 2.78. The molecular formula is C25H18BrCl3N2O2. The van der Waals surface area contributed by atoms with Gasteiger partial charge >= 0.3 is 0 Å². The van der Waals surface area contributed by atoms with Crippen LogP contribution in [0.4, 0.5) is 0 Å². The van der Waals surface area contributed by atoms with Crippen molar-refractivity contribution in [1.29, 1.82) is 5.26 Å². The molecule has 1 atom stereocenters. The summed E-state index contributed by atoms with van der Waals surface area (Å²) in [5.41, 5.74) is 2.23. The average molecular weight is 565 g/mol. The van der Waals surface area contributed by atoms with Gasteiger partial charge in [-0.1, -0.05) is 71.2 Å². The molecule has 8 heteroatoms. The molecule has 3 rings (SSSR count). The molecule has 0 bridgehead atoms. The lowest BCUT2D eigenvalue weighted by Gasteiger charge is -2.14. The molecule has 168 valence electrons. The van der Waals surface area contributed by atoms with Crippen LogP contribution < -0.4 is 10.1 Å². The van der Waals surface area contributed by atoms with Gasteiger partial charge in [-0.25, -0.2) is 0 Å². The molecule has 0 unspecified atom stereocenters. The van der Waals surface area contributed by atoms with E-state index in [0.717, 1.165) is 11.1 Å². The second-order valence-electron chi connectivity index (χ2n) is 7.11. The highest BCUT2D eigenvalue weighted by Gasteiger charge is 2.15. The van der Waals surface area contributed by atoms with E-state index in [1.54, 1.807) is 30.3 Å². The van der Waals surface area contributed by atoms with Gasteiger partial charge in [0.25, 0.3) is 5.91 Å². The van der Waals surface area contributed by atoms with Crippen LogP contribution in [0.1, 0.15) is 29.7 Å². The van der Waals surface area contributed by atoms with Crippen molar-refractivity contribution in [3.8, 4) is 11.8 Å². The molecule has 0 heterocycles. The van der Waals surface area contributed by atoms with Crippen molar-refractivity contribution in [2.45, 2.75) is 19.6 Å². The monoisotopic (exact) mass is 562 g/mol. The summed E-state index contributed by atoms with van der Waals surface area (Å²) in [6.07, 6.45) is 1.48. The Morgan fingerprint density at radius 1 is 1.12 bits per heavy atom. The minimum atomic E-state index is -0.473. The molecule has 4 nitrogen and oxygen atoms in total. The Morgan fingerprint density at radius 3 is 2.48 bits per heavy atom. The number of nitrogens with zero attached hydrogens (tertiary/aromatic N) is 1. The van der Waals surface area contributed by atoms with E-state index in [1.807, 2.05) is 43.3 Å². The standard InChI is InChI=1S/C25H18BrCl3N2O2/c1-15(17-5-3-2-4-6-17)31-25(32)19(13-30)9-16-10-21(26)24(23(29)11-16)33-14-18-7-8-20(27)12-22(18)28/h2-12,15H,14H2,1H3,(H,31,32)/b19-9-/t15-/m0/s1. The van der Waals surface area contributed by atoms with Crippen LogP contribution in [0, 0.1) is 11.3 Å². The Labute approximate surface area is 215 Å². The largest absolute Gasteiger partial charge is 0.486 e. The van der Waals surface area contributed by atoms with Crippen LogP contribution in [0.25, 0.3) is 6.08 Å². The first-order chi connectivity index (χ1) is 15.8. The third-order valence-corrected chi connectivity index (χ3v) is 6.19. The molecule has 0 spiro atoms. The number of benzene rings is 3. The summed E-state index contributed by atoms with van der Waals surface area (Å²) in [5.74, 6) is -0.0562. The highest BCUT2D eigenvalue weighted by atomic mass is 79.9. The van der Waals surface area contributed by atoms with E-state index in [0.29, 0.717) is 30.9 Å². The normalized spacial score (nSPS) is 12.1. The summed E-state index contributed by atoms with van der Waals surface area (Å²) in [6.45, 7) is 2.04. The Kier molecular flexibility index (Phi) is 8.82. The van der Waals surface area contributed by atoms with Crippen molar-refractivity contribution < 1.29 is 9.53 Å². The topological polar surface area (TPSA) is 62.1 Å². The summed E-state index contributed by atoms with van der Waals surface area (Å²) in [7, 11) is 0. The predicted octanol–water partition coefficient (Wildman–Crippen LogP) is 7.77. The molecule has 0 aromatic heterocycles. The van der Waals surface area contributed by atoms with Crippen molar-refractivity contribution in [3.05, 3.63) is 102 Å². The fourth-order valence-electron chi connectivity index (χ4n) is 3.00. The van der Waals surface area contributed by atoms with Crippen LogP contribution in [0.15, 0.2) is 70.7 Å². The lowest BCUT2D eigenvalue weighted by Crippen LogP contribution is -2.27. The van der Waals surface area contributed by atoms with E-state index in [9.17, 15) is 10.1 Å². The number of rotatable bonds is 7. The number of hydrogen-bond acceptors (Lipinski definition) is 3. The summed E-state index contributed by atoms with van der Waals surface area (Å²) >= 11 is 22.0. The van der Waals surface area contributed by atoms with Gasteiger partial charge < -0.3 is 10.1 Å². The molecule has 0 radical (unpaired) electrons. The Balaban J connectivity index is 1.75. The van der Waals surface area contributed by atoms with Crippen molar-refractivity contribution in [3.63, 3.8) is 0 Å². The van der Waals surface area contributed by atoms with Gasteiger partial charge in [-0.15, -0.1) is 0 Å². The zero-order valence-corrected chi connectivity index (χ0v) is 21.3. The van der Waals surface area contributed by atoms with Gasteiger partial charge in [0.15, 0.2) is 5.75 Å². The Bertz CT molecular complexity index is 1220. The number of carbonyl (C=O) groups is 1. The molecular weight excluding hydrogens is 547 g/mol. The van der Waals surface area contributed by atoms with Crippen molar-refractivity contribution in [2.24, 2.45) is 0 Å². The summed E-state index contributed by atoms with van der Waals surface area (Å²) in [6, 6.07) is 19.7. The van der Waals surface area contributed by atoms with E-state index in [2.05, 4.69) is 21.2 Å². The van der Waals surface area contributed by atoms with Gasteiger partial charge in [-0.2, -0.15) is 5.26 Å². The van der Waals surface area contributed by atoms with Gasteiger partial charge in [0.05, 0.1) is 15.5 Å². The molecule has 33 heavy (non-hydrogen) atoms. The number of amides is 1.